The zero-order valence-electron chi connectivity index (χ0n) is 12.2. The molecule has 4 nitrogen and oxygen atoms in total. The van der Waals surface area contributed by atoms with E-state index in [2.05, 4.69) is 5.32 Å². The largest absolute Gasteiger partial charge is 0.387 e. The first-order valence-electron chi connectivity index (χ1n) is 6.89. The van der Waals surface area contributed by atoms with E-state index >= 15 is 0 Å². The van der Waals surface area contributed by atoms with Gasteiger partial charge in [0.1, 0.15) is 0 Å². The predicted octanol–water partition coefficient (Wildman–Crippen LogP) is 1.80. The van der Waals surface area contributed by atoms with Crippen LogP contribution in [0.4, 0.5) is 5.69 Å². The van der Waals surface area contributed by atoms with Crippen LogP contribution >= 0.6 is 0 Å². The fraction of sp³-hybridized carbons (Fsp3) is 0.600. The fourth-order valence-corrected chi connectivity index (χ4v) is 1.79. The Bertz CT molecular complexity index is 339. The second-order valence-corrected chi connectivity index (χ2v) is 4.76. The zero-order valence-corrected chi connectivity index (χ0v) is 12.2. The monoisotopic (exact) mass is 266 g/mol. The number of benzene rings is 1. The second kappa shape index (κ2) is 8.91. The summed E-state index contributed by atoms with van der Waals surface area (Å²) in [7, 11) is 4.01. The molecular formula is C15H26N2O2. The molecule has 0 heterocycles. The Hall–Kier alpha value is -1.10. The van der Waals surface area contributed by atoms with Crippen LogP contribution in [0.2, 0.25) is 0 Å². The summed E-state index contributed by atoms with van der Waals surface area (Å²) in [5.74, 6) is 0. The molecule has 0 saturated carbocycles. The first kappa shape index (κ1) is 16.0. The van der Waals surface area contributed by atoms with Crippen molar-refractivity contribution >= 4 is 5.69 Å². The number of aliphatic hydroxyl groups excluding tert-OH is 1. The normalized spacial score (nSPS) is 12.4. The summed E-state index contributed by atoms with van der Waals surface area (Å²) >= 11 is 0. The van der Waals surface area contributed by atoms with Crippen molar-refractivity contribution in [1.29, 1.82) is 0 Å². The molecule has 1 aromatic rings. The van der Waals surface area contributed by atoms with Crippen molar-refractivity contribution in [3.8, 4) is 0 Å². The molecule has 1 aromatic carbocycles. The van der Waals surface area contributed by atoms with Crippen LogP contribution in [-0.2, 0) is 4.74 Å². The van der Waals surface area contributed by atoms with Gasteiger partial charge in [-0.1, -0.05) is 12.1 Å². The Labute approximate surface area is 116 Å². The number of anilines is 1. The van der Waals surface area contributed by atoms with Gasteiger partial charge in [0, 0.05) is 39.5 Å². The first-order valence-corrected chi connectivity index (χ1v) is 6.89. The number of ether oxygens (including phenoxy) is 1. The van der Waals surface area contributed by atoms with Gasteiger partial charge in [-0.05, 0) is 37.6 Å². The van der Waals surface area contributed by atoms with Crippen LogP contribution in [0.1, 0.15) is 25.0 Å². The van der Waals surface area contributed by atoms with Crippen molar-refractivity contribution in [1.82, 2.24) is 5.32 Å². The van der Waals surface area contributed by atoms with E-state index in [0.29, 0.717) is 6.54 Å². The van der Waals surface area contributed by atoms with Crippen molar-refractivity contribution in [3.63, 3.8) is 0 Å². The molecule has 0 spiro atoms. The molecule has 4 heteroatoms. The summed E-state index contributed by atoms with van der Waals surface area (Å²) in [5, 5.41) is 13.3. The molecule has 0 aliphatic heterocycles. The van der Waals surface area contributed by atoms with Crippen LogP contribution in [0.5, 0.6) is 0 Å². The van der Waals surface area contributed by atoms with E-state index in [1.54, 1.807) is 0 Å². The zero-order chi connectivity index (χ0) is 14.1. The predicted molar refractivity (Wildman–Crippen MR) is 79.7 cm³/mol. The second-order valence-electron chi connectivity index (χ2n) is 4.76. The van der Waals surface area contributed by atoms with Crippen LogP contribution in [0, 0.1) is 0 Å². The van der Waals surface area contributed by atoms with Gasteiger partial charge in [0.25, 0.3) is 0 Å². The van der Waals surface area contributed by atoms with Gasteiger partial charge in [-0.25, -0.2) is 0 Å². The van der Waals surface area contributed by atoms with Crippen molar-refractivity contribution in [2.45, 2.75) is 19.4 Å². The highest BCUT2D eigenvalue weighted by Gasteiger charge is 2.06. The summed E-state index contributed by atoms with van der Waals surface area (Å²) in [6.07, 6.45) is 0.517. The number of nitrogens with zero attached hydrogens (tertiary/aromatic N) is 1. The Kier molecular flexibility index (Phi) is 7.48. The average Bonchev–Trinajstić information content (AvgIpc) is 2.42. The van der Waals surface area contributed by atoms with Crippen LogP contribution in [0.15, 0.2) is 24.3 Å². The number of rotatable bonds is 9. The third-order valence-corrected chi connectivity index (χ3v) is 2.98. The number of nitrogens with one attached hydrogen (secondary N) is 1. The van der Waals surface area contributed by atoms with E-state index in [4.69, 9.17) is 4.74 Å². The van der Waals surface area contributed by atoms with Crippen molar-refractivity contribution in [2.24, 2.45) is 0 Å². The van der Waals surface area contributed by atoms with Crippen LogP contribution < -0.4 is 10.2 Å². The number of aliphatic hydroxyl groups is 1. The summed E-state index contributed by atoms with van der Waals surface area (Å²) < 4.78 is 5.25. The minimum atomic E-state index is -0.455. The molecule has 2 N–H and O–H groups in total. The van der Waals surface area contributed by atoms with Gasteiger partial charge in [-0.2, -0.15) is 0 Å². The van der Waals surface area contributed by atoms with E-state index in [1.165, 1.54) is 0 Å². The lowest BCUT2D eigenvalue weighted by molar-refractivity contribution is 0.141. The van der Waals surface area contributed by atoms with Gasteiger partial charge in [-0.3, -0.25) is 0 Å². The SMILES string of the molecule is CCOCCCNCC(O)c1ccc(N(C)C)cc1. The van der Waals surface area contributed by atoms with Crippen molar-refractivity contribution < 1.29 is 9.84 Å². The van der Waals surface area contributed by atoms with Crippen LogP contribution in [-0.4, -0.2) is 45.5 Å². The summed E-state index contributed by atoms with van der Waals surface area (Å²) in [5.41, 5.74) is 2.09. The molecule has 0 saturated heterocycles. The highest BCUT2D eigenvalue weighted by molar-refractivity contribution is 5.46. The molecule has 1 atom stereocenters. The molecule has 19 heavy (non-hydrogen) atoms. The van der Waals surface area contributed by atoms with Crippen LogP contribution in [0.3, 0.4) is 0 Å². The van der Waals surface area contributed by atoms with Gasteiger partial charge in [0.05, 0.1) is 6.10 Å². The molecule has 108 valence electrons. The van der Waals surface area contributed by atoms with Crippen LogP contribution in [0.25, 0.3) is 0 Å². The van der Waals surface area contributed by atoms with Gasteiger partial charge in [0.15, 0.2) is 0 Å². The first-order chi connectivity index (χ1) is 9.15. The third kappa shape index (κ3) is 6.05. The Balaban J connectivity index is 2.27. The van der Waals surface area contributed by atoms with Gasteiger partial charge in [-0.15, -0.1) is 0 Å². The lowest BCUT2D eigenvalue weighted by Gasteiger charge is -2.15. The molecule has 1 rings (SSSR count). The van der Waals surface area contributed by atoms with E-state index in [9.17, 15) is 5.11 Å². The van der Waals surface area contributed by atoms with E-state index < -0.39 is 6.10 Å². The molecule has 0 amide bonds. The standard InChI is InChI=1S/C15H26N2O2/c1-4-19-11-5-10-16-12-15(18)13-6-8-14(9-7-13)17(2)3/h6-9,15-16,18H,4-5,10-12H2,1-3H3. The maximum absolute atomic E-state index is 10.0. The quantitative estimate of drug-likeness (QED) is 0.669. The summed E-state index contributed by atoms with van der Waals surface area (Å²) in [6, 6.07) is 7.99. The molecule has 1 unspecified atom stereocenters. The van der Waals surface area contributed by atoms with Gasteiger partial charge >= 0.3 is 0 Å². The maximum atomic E-state index is 10.0. The lowest BCUT2D eigenvalue weighted by atomic mass is 10.1. The Morgan fingerprint density at radius 1 is 1.26 bits per heavy atom. The molecule has 0 aliphatic carbocycles. The molecule has 0 aliphatic rings. The molecular weight excluding hydrogens is 240 g/mol. The fourth-order valence-electron chi connectivity index (χ4n) is 1.79. The molecule has 0 bridgehead atoms. The minimum absolute atomic E-state index is 0.455. The number of hydrogen-bond donors (Lipinski definition) is 2. The lowest BCUT2D eigenvalue weighted by Crippen LogP contribution is -2.23. The van der Waals surface area contributed by atoms with Gasteiger partial charge < -0.3 is 20.1 Å². The molecule has 0 fully saturated rings. The third-order valence-electron chi connectivity index (χ3n) is 2.98. The summed E-state index contributed by atoms with van der Waals surface area (Å²) in [6.45, 7) is 4.98. The topological polar surface area (TPSA) is 44.7 Å². The summed E-state index contributed by atoms with van der Waals surface area (Å²) in [4.78, 5) is 2.04. The van der Waals surface area contributed by atoms with Gasteiger partial charge in [0.2, 0.25) is 0 Å². The maximum Gasteiger partial charge on any atom is 0.0914 e. The van der Waals surface area contributed by atoms with E-state index in [-0.39, 0.29) is 0 Å². The Morgan fingerprint density at radius 3 is 2.53 bits per heavy atom. The Morgan fingerprint density at radius 2 is 1.95 bits per heavy atom. The highest BCUT2D eigenvalue weighted by Crippen LogP contribution is 2.17. The average molecular weight is 266 g/mol. The molecule has 0 radical (unpaired) electrons. The minimum Gasteiger partial charge on any atom is -0.387 e. The smallest absolute Gasteiger partial charge is 0.0914 e. The van der Waals surface area contributed by atoms with Crippen molar-refractivity contribution in [2.75, 3.05) is 45.3 Å². The number of hydrogen-bond acceptors (Lipinski definition) is 4. The van der Waals surface area contributed by atoms with E-state index in [1.807, 2.05) is 50.2 Å². The van der Waals surface area contributed by atoms with Crippen molar-refractivity contribution in [3.05, 3.63) is 29.8 Å². The molecule has 0 aromatic heterocycles. The van der Waals surface area contributed by atoms with E-state index in [0.717, 1.165) is 37.4 Å². The highest BCUT2D eigenvalue weighted by atomic mass is 16.5.